The first-order chi connectivity index (χ1) is 13.3. The number of ether oxygens (including phenoxy) is 2. The van der Waals surface area contributed by atoms with Gasteiger partial charge in [-0.3, -0.25) is 4.79 Å². The normalized spacial score (nSPS) is 10.9. The number of benzene rings is 2. The van der Waals surface area contributed by atoms with E-state index in [0.29, 0.717) is 12.8 Å². The lowest BCUT2D eigenvalue weighted by atomic mass is 10.1. The lowest BCUT2D eigenvalue weighted by Crippen LogP contribution is -2.23. The fraction of sp³-hybridized carbons (Fsp3) is 0.300. The lowest BCUT2D eigenvalue weighted by Gasteiger charge is -2.12. The first-order valence-corrected chi connectivity index (χ1v) is 10.9. The standard InChI is InChI=1S/C20H20ClNO5S/c1-2-26-18-12-16(13-22)11-17(21)20(18)27-19(23)14-28(24,25)10-6-9-15-7-4-3-5-8-15/h3-5,7-8,11-12H,2,6,9-10,14H2,1H3. The van der Waals surface area contributed by atoms with E-state index in [1.54, 1.807) is 6.92 Å². The molecule has 0 radical (unpaired) electrons. The van der Waals surface area contributed by atoms with Crippen LogP contribution in [-0.2, 0) is 21.1 Å². The number of nitriles is 1. The molecule has 0 aromatic heterocycles. The number of carbonyl (C=O) groups excluding carboxylic acids is 1. The Bertz CT molecular complexity index is 968. The second-order valence-electron chi connectivity index (χ2n) is 5.99. The van der Waals surface area contributed by atoms with Gasteiger partial charge in [-0.1, -0.05) is 41.9 Å². The molecule has 28 heavy (non-hydrogen) atoms. The van der Waals surface area contributed by atoms with Crippen LogP contribution in [0.5, 0.6) is 11.5 Å². The van der Waals surface area contributed by atoms with Gasteiger partial charge in [0.1, 0.15) is 5.75 Å². The van der Waals surface area contributed by atoms with Gasteiger partial charge in [-0.25, -0.2) is 8.42 Å². The number of carbonyl (C=O) groups is 1. The van der Waals surface area contributed by atoms with Crippen molar-refractivity contribution in [3.05, 3.63) is 58.6 Å². The molecule has 0 aliphatic carbocycles. The molecule has 0 aliphatic heterocycles. The highest BCUT2D eigenvalue weighted by Crippen LogP contribution is 2.36. The van der Waals surface area contributed by atoms with Crippen molar-refractivity contribution in [1.82, 2.24) is 0 Å². The van der Waals surface area contributed by atoms with Gasteiger partial charge in [-0.2, -0.15) is 5.26 Å². The van der Waals surface area contributed by atoms with Crippen molar-refractivity contribution in [3.8, 4) is 17.6 Å². The van der Waals surface area contributed by atoms with Gasteiger partial charge in [0.25, 0.3) is 0 Å². The van der Waals surface area contributed by atoms with Crippen LogP contribution in [0.2, 0.25) is 5.02 Å². The van der Waals surface area contributed by atoms with Crippen LogP contribution in [-0.4, -0.2) is 32.5 Å². The van der Waals surface area contributed by atoms with Crippen LogP contribution in [0.4, 0.5) is 0 Å². The summed E-state index contributed by atoms with van der Waals surface area (Å²) in [5.74, 6) is -1.82. The molecule has 2 aromatic carbocycles. The Hall–Kier alpha value is -2.56. The Labute approximate surface area is 169 Å². The molecular formula is C20H20ClNO5S. The summed E-state index contributed by atoms with van der Waals surface area (Å²) in [5.41, 5.74) is 1.27. The predicted octanol–water partition coefficient (Wildman–Crippen LogP) is 3.56. The number of nitrogens with zero attached hydrogens (tertiary/aromatic N) is 1. The zero-order valence-electron chi connectivity index (χ0n) is 15.4. The Balaban J connectivity index is 2.00. The van der Waals surface area contributed by atoms with Gasteiger partial charge in [0.05, 0.1) is 29.0 Å². The van der Waals surface area contributed by atoms with Crippen molar-refractivity contribution in [2.24, 2.45) is 0 Å². The number of hydrogen-bond donors (Lipinski definition) is 0. The maximum atomic E-state index is 12.2. The first-order valence-electron chi connectivity index (χ1n) is 8.66. The Morgan fingerprint density at radius 3 is 2.57 bits per heavy atom. The molecule has 0 spiro atoms. The molecule has 0 heterocycles. The van der Waals surface area contributed by atoms with Gasteiger partial charge in [0, 0.05) is 6.07 Å². The maximum absolute atomic E-state index is 12.2. The molecule has 2 aromatic rings. The molecule has 8 heteroatoms. The molecule has 0 amide bonds. The molecule has 6 nitrogen and oxygen atoms in total. The molecule has 0 fully saturated rings. The fourth-order valence-corrected chi connectivity index (χ4v) is 3.93. The van der Waals surface area contributed by atoms with Crippen LogP contribution < -0.4 is 9.47 Å². The Kier molecular flexibility index (Phi) is 7.85. The zero-order chi connectivity index (χ0) is 20.6. The van der Waals surface area contributed by atoms with E-state index in [1.165, 1.54) is 12.1 Å². The molecule has 148 valence electrons. The van der Waals surface area contributed by atoms with Crippen LogP contribution in [0.1, 0.15) is 24.5 Å². The second-order valence-corrected chi connectivity index (χ2v) is 8.58. The summed E-state index contributed by atoms with van der Waals surface area (Å²) < 4.78 is 34.9. The molecule has 0 saturated heterocycles. The number of hydrogen-bond acceptors (Lipinski definition) is 6. The molecule has 0 aliphatic rings. The third kappa shape index (κ3) is 6.55. The number of sulfone groups is 1. The van der Waals surface area contributed by atoms with Crippen LogP contribution in [0.3, 0.4) is 0 Å². The smallest absolute Gasteiger partial charge is 0.326 e. The fourth-order valence-electron chi connectivity index (χ4n) is 2.53. The van der Waals surface area contributed by atoms with Gasteiger partial charge in [-0.05, 0) is 31.4 Å². The van der Waals surface area contributed by atoms with Crippen LogP contribution in [0, 0.1) is 11.3 Å². The van der Waals surface area contributed by atoms with Crippen molar-refractivity contribution >= 4 is 27.4 Å². The predicted molar refractivity (Wildman–Crippen MR) is 106 cm³/mol. The van der Waals surface area contributed by atoms with Gasteiger partial charge in [-0.15, -0.1) is 0 Å². The monoisotopic (exact) mass is 421 g/mol. The van der Waals surface area contributed by atoms with Crippen LogP contribution in [0.25, 0.3) is 0 Å². The average molecular weight is 422 g/mol. The van der Waals surface area contributed by atoms with E-state index in [1.807, 2.05) is 36.4 Å². The number of halogens is 1. The first kappa shape index (κ1) is 21.7. The van der Waals surface area contributed by atoms with E-state index >= 15 is 0 Å². The lowest BCUT2D eigenvalue weighted by molar-refractivity contribution is -0.131. The molecule has 0 N–H and O–H groups in total. The molecule has 0 saturated carbocycles. The zero-order valence-corrected chi connectivity index (χ0v) is 16.9. The third-order valence-corrected chi connectivity index (χ3v) is 5.62. The summed E-state index contributed by atoms with van der Waals surface area (Å²) in [6.07, 6.45) is 1.01. The van der Waals surface area contributed by atoms with E-state index < -0.39 is 21.6 Å². The number of aryl methyl sites for hydroxylation is 1. The third-order valence-electron chi connectivity index (χ3n) is 3.76. The van der Waals surface area contributed by atoms with Crippen molar-refractivity contribution in [2.45, 2.75) is 19.8 Å². The summed E-state index contributed by atoms with van der Waals surface area (Å²) in [6.45, 7) is 1.98. The highest BCUT2D eigenvalue weighted by molar-refractivity contribution is 7.92. The summed E-state index contributed by atoms with van der Waals surface area (Å²) in [5, 5.41) is 8.99. The average Bonchev–Trinajstić information content (AvgIpc) is 2.64. The van der Waals surface area contributed by atoms with E-state index in [0.717, 1.165) is 5.56 Å². The van der Waals surface area contributed by atoms with Crippen LogP contribution in [0.15, 0.2) is 42.5 Å². The van der Waals surface area contributed by atoms with Crippen molar-refractivity contribution in [3.63, 3.8) is 0 Å². The summed E-state index contributed by atoms with van der Waals surface area (Å²) in [6, 6.07) is 14.1. The van der Waals surface area contributed by atoms with Crippen molar-refractivity contribution < 1.29 is 22.7 Å². The number of rotatable bonds is 9. The quantitative estimate of drug-likeness (QED) is 0.454. The van der Waals surface area contributed by atoms with E-state index in [2.05, 4.69) is 0 Å². The highest BCUT2D eigenvalue weighted by Gasteiger charge is 2.22. The van der Waals surface area contributed by atoms with Crippen LogP contribution >= 0.6 is 11.6 Å². The SMILES string of the molecule is CCOc1cc(C#N)cc(Cl)c1OC(=O)CS(=O)(=O)CCCc1ccccc1. The maximum Gasteiger partial charge on any atom is 0.326 e. The summed E-state index contributed by atoms with van der Waals surface area (Å²) in [4.78, 5) is 12.1. The van der Waals surface area contributed by atoms with Gasteiger partial charge in [0.2, 0.25) is 0 Å². The largest absolute Gasteiger partial charge is 0.490 e. The minimum absolute atomic E-state index is 0.00248. The number of esters is 1. The van der Waals surface area contributed by atoms with Gasteiger partial charge >= 0.3 is 5.97 Å². The molecule has 0 bridgehead atoms. The van der Waals surface area contributed by atoms with Gasteiger partial charge < -0.3 is 9.47 Å². The minimum Gasteiger partial charge on any atom is -0.490 e. The Morgan fingerprint density at radius 1 is 1.21 bits per heavy atom. The summed E-state index contributed by atoms with van der Waals surface area (Å²) in [7, 11) is -3.63. The second kappa shape index (κ2) is 10.1. The van der Waals surface area contributed by atoms with E-state index in [9.17, 15) is 13.2 Å². The molecule has 0 atom stereocenters. The van der Waals surface area contributed by atoms with Gasteiger partial charge in [0.15, 0.2) is 21.3 Å². The topological polar surface area (TPSA) is 93.5 Å². The van der Waals surface area contributed by atoms with Crippen molar-refractivity contribution in [1.29, 1.82) is 5.26 Å². The summed E-state index contributed by atoms with van der Waals surface area (Å²) >= 11 is 6.06. The highest BCUT2D eigenvalue weighted by atomic mass is 35.5. The minimum atomic E-state index is -3.63. The Morgan fingerprint density at radius 2 is 1.93 bits per heavy atom. The van der Waals surface area contributed by atoms with Crippen molar-refractivity contribution in [2.75, 3.05) is 18.1 Å². The molecular weight excluding hydrogens is 402 g/mol. The molecule has 2 rings (SSSR count). The van der Waals surface area contributed by atoms with E-state index in [-0.39, 0.29) is 34.4 Å². The molecule has 0 unspecified atom stereocenters. The van der Waals surface area contributed by atoms with E-state index in [4.69, 9.17) is 26.3 Å².